The van der Waals surface area contributed by atoms with E-state index in [-0.39, 0.29) is 11.6 Å². The van der Waals surface area contributed by atoms with Crippen molar-refractivity contribution in [2.45, 2.75) is 25.7 Å². The van der Waals surface area contributed by atoms with Crippen LogP contribution in [-0.4, -0.2) is 15.1 Å². The standard InChI is InChI=1S/C22H18BrN3O3/c1-14-22(26(27)28)21(29-25-14)13-17(15-6-9-18(23)10-7-15)12-19-11-8-16-4-2-3-5-20(16)24-19/h2-11,17H,12-13H2,1H3. The van der Waals surface area contributed by atoms with Gasteiger partial charge >= 0.3 is 5.69 Å². The van der Waals surface area contributed by atoms with Gasteiger partial charge in [0, 0.05) is 22.0 Å². The van der Waals surface area contributed by atoms with Crippen LogP contribution in [0.25, 0.3) is 10.9 Å². The van der Waals surface area contributed by atoms with Gasteiger partial charge in [0.05, 0.1) is 10.4 Å². The predicted octanol–water partition coefficient (Wildman–Crippen LogP) is 5.77. The summed E-state index contributed by atoms with van der Waals surface area (Å²) in [5.41, 5.74) is 3.17. The van der Waals surface area contributed by atoms with Gasteiger partial charge in [0.15, 0.2) is 5.69 Å². The first-order valence-electron chi connectivity index (χ1n) is 9.21. The van der Waals surface area contributed by atoms with E-state index in [0.717, 1.165) is 26.6 Å². The minimum Gasteiger partial charge on any atom is -0.354 e. The van der Waals surface area contributed by atoms with Crippen LogP contribution in [0.4, 0.5) is 5.69 Å². The largest absolute Gasteiger partial charge is 0.354 e. The van der Waals surface area contributed by atoms with E-state index in [0.29, 0.717) is 24.3 Å². The van der Waals surface area contributed by atoms with Crippen molar-refractivity contribution in [2.75, 3.05) is 0 Å². The maximum absolute atomic E-state index is 11.5. The summed E-state index contributed by atoms with van der Waals surface area (Å²) in [7, 11) is 0. The van der Waals surface area contributed by atoms with E-state index >= 15 is 0 Å². The number of aromatic nitrogens is 2. The highest BCUT2D eigenvalue weighted by atomic mass is 79.9. The highest BCUT2D eigenvalue weighted by Crippen LogP contribution is 2.31. The van der Waals surface area contributed by atoms with E-state index in [1.165, 1.54) is 0 Å². The summed E-state index contributed by atoms with van der Waals surface area (Å²) in [4.78, 5) is 15.8. The maximum atomic E-state index is 11.5. The molecule has 4 aromatic rings. The summed E-state index contributed by atoms with van der Waals surface area (Å²) >= 11 is 3.46. The lowest BCUT2D eigenvalue weighted by atomic mass is 9.89. The lowest BCUT2D eigenvalue weighted by Gasteiger charge is -2.16. The molecule has 0 radical (unpaired) electrons. The Morgan fingerprint density at radius 1 is 1.07 bits per heavy atom. The molecule has 0 saturated heterocycles. The third-order valence-electron chi connectivity index (χ3n) is 4.97. The first-order valence-corrected chi connectivity index (χ1v) is 10.00. The maximum Gasteiger partial charge on any atom is 0.334 e. The second-order valence-electron chi connectivity index (χ2n) is 6.95. The molecule has 2 aromatic carbocycles. The smallest absolute Gasteiger partial charge is 0.334 e. The van der Waals surface area contributed by atoms with E-state index in [1.807, 2.05) is 54.6 Å². The average molecular weight is 452 g/mol. The van der Waals surface area contributed by atoms with Crippen molar-refractivity contribution in [3.05, 3.63) is 98.0 Å². The number of rotatable bonds is 6. The van der Waals surface area contributed by atoms with Crippen LogP contribution in [0.15, 0.2) is 69.7 Å². The number of aryl methyl sites for hydroxylation is 1. The van der Waals surface area contributed by atoms with Crippen LogP contribution in [-0.2, 0) is 12.8 Å². The lowest BCUT2D eigenvalue weighted by Crippen LogP contribution is -2.09. The van der Waals surface area contributed by atoms with Gasteiger partial charge in [-0.15, -0.1) is 0 Å². The van der Waals surface area contributed by atoms with Gasteiger partial charge in [-0.3, -0.25) is 15.1 Å². The van der Waals surface area contributed by atoms with Crippen molar-refractivity contribution in [2.24, 2.45) is 0 Å². The molecule has 0 bridgehead atoms. The molecule has 4 rings (SSSR count). The highest BCUT2D eigenvalue weighted by molar-refractivity contribution is 9.10. The summed E-state index contributed by atoms with van der Waals surface area (Å²) < 4.78 is 6.30. The fraction of sp³-hybridized carbons (Fsp3) is 0.182. The van der Waals surface area contributed by atoms with E-state index in [1.54, 1.807) is 6.92 Å². The van der Waals surface area contributed by atoms with Crippen molar-refractivity contribution in [3.8, 4) is 0 Å². The van der Waals surface area contributed by atoms with Crippen LogP contribution in [0.3, 0.4) is 0 Å². The minimum absolute atomic E-state index is 0.0391. The third-order valence-corrected chi connectivity index (χ3v) is 5.50. The van der Waals surface area contributed by atoms with Gasteiger partial charge in [-0.1, -0.05) is 57.5 Å². The summed E-state index contributed by atoms with van der Waals surface area (Å²) in [6.07, 6.45) is 0.997. The molecule has 0 aliphatic carbocycles. The van der Waals surface area contributed by atoms with Crippen molar-refractivity contribution < 1.29 is 9.45 Å². The average Bonchev–Trinajstić information content (AvgIpc) is 3.08. The summed E-state index contributed by atoms with van der Waals surface area (Å²) in [6.45, 7) is 1.59. The molecule has 2 heterocycles. The Hall–Kier alpha value is -3.06. The molecular weight excluding hydrogens is 434 g/mol. The fourth-order valence-electron chi connectivity index (χ4n) is 3.52. The topological polar surface area (TPSA) is 82.1 Å². The molecule has 2 aromatic heterocycles. The monoisotopic (exact) mass is 451 g/mol. The third kappa shape index (κ3) is 4.19. The second-order valence-corrected chi connectivity index (χ2v) is 7.86. The molecule has 7 heteroatoms. The quantitative estimate of drug-likeness (QED) is 0.274. The number of halogens is 1. The molecule has 0 N–H and O–H groups in total. The molecule has 146 valence electrons. The van der Waals surface area contributed by atoms with Crippen molar-refractivity contribution in [1.29, 1.82) is 0 Å². The van der Waals surface area contributed by atoms with Crippen LogP contribution in [0.5, 0.6) is 0 Å². The van der Waals surface area contributed by atoms with Crippen molar-refractivity contribution in [3.63, 3.8) is 0 Å². The first-order chi connectivity index (χ1) is 14.0. The molecule has 0 fully saturated rings. The van der Waals surface area contributed by atoms with Gasteiger partial charge in [0.25, 0.3) is 0 Å². The van der Waals surface area contributed by atoms with Gasteiger partial charge in [-0.05, 0) is 49.1 Å². The van der Waals surface area contributed by atoms with Gasteiger partial charge in [0.2, 0.25) is 5.76 Å². The molecule has 0 aliphatic rings. The molecular formula is C22H18BrN3O3. The molecule has 1 atom stereocenters. The zero-order valence-corrected chi connectivity index (χ0v) is 17.3. The number of hydrogen-bond donors (Lipinski definition) is 0. The molecule has 0 saturated carbocycles. The summed E-state index contributed by atoms with van der Waals surface area (Å²) in [5.74, 6) is 0.254. The SMILES string of the molecule is Cc1noc(CC(Cc2ccc3ccccc3n2)c2ccc(Br)cc2)c1[N+](=O)[O-]. The molecule has 1 unspecified atom stereocenters. The molecule has 0 spiro atoms. The zero-order valence-electron chi connectivity index (χ0n) is 15.7. The van der Waals surface area contributed by atoms with E-state index in [4.69, 9.17) is 9.51 Å². The van der Waals surface area contributed by atoms with Gasteiger partial charge < -0.3 is 4.52 Å². The Balaban J connectivity index is 1.70. The number of pyridine rings is 1. The number of para-hydroxylation sites is 1. The number of nitrogens with zero attached hydrogens (tertiary/aromatic N) is 3. The van der Waals surface area contributed by atoms with Gasteiger partial charge in [0.1, 0.15) is 0 Å². The minimum atomic E-state index is -0.423. The summed E-state index contributed by atoms with van der Waals surface area (Å²) in [5, 5.41) is 16.3. The molecule has 0 aliphatic heterocycles. The Kier molecular flexibility index (Phi) is 5.40. The Morgan fingerprint density at radius 3 is 2.59 bits per heavy atom. The predicted molar refractivity (Wildman–Crippen MR) is 114 cm³/mol. The van der Waals surface area contributed by atoms with E-state index in [2.05, 4.69) is 27.2 Å². The number of hydrogen-bond acceptors (Lipinski definition) is 5. The highest BCUT2D eigenvalue weighted by Gasteiger charge is 2.27. The zero-order chi connectivity index (χ0) is 20.4. The Bertz CT molecular complexity index is 1170. The summed E-state index contributed by atoms with van der Waals surface area (Å²) in [6, 6.07) is 20.0. The molecule has 29 heavy (non-hydrogen) atoms. The molecule has 0 amide bonds. The van der Waals surface area contributed by atoms with Gasteiger partial charge in [-0.2, -0.15) is 0 Å². The second kappa shape index (κ2) is 8.13. The van der Waals surface area contributed by atoms with Gasteiger partial charge in [-0.25, -0.2) is 0 Å². The molecule has 6 nitrogen and oxygen atoms in total. The fourth-order valence-corrected chi connectivity index (χ4v) is 3.78. The lowest BCUT2D eigenvalue weighted by molar-refractivity contribution is -0.386. The normalized spacial score (nSPS) is 12.2. The van der Waals surface area contributed by atoms with Crippen LogP contribution in [0.2, 0.25) is 0 Å². The van der Waals surface area contributed by atoms with Crippen LogP contribution >= 0.6 is 15.9 Å². The number of nitro groups is 1. The Morgan fingerprint density at radius 2 is 1.83 bits per heavy atom. The number of benzene rings is 2. The van der Waals surface area contributed by atoms with Crippen molar-refractivity contribution in [1.82, 2.24) is 10.1 Å². The van der Waals surface area contributed by atoms with Crippen LogP contribution in [0, 0.1) is 17.0 Å². The van der Waals surface area contributed by atoms with E-state index in [9.17, 15) is 10.1 Å². The number of fused-ring (bicyclic) bond motifs is 1. The van der Waals surface area contributed by atoms with E-state index < -0.39 is 4.92 Å². The first kappa shape index (κ1) is 19.3. The van der Waals surface area contributed by atoms with Crippen molar-refractivity contribution >= 4 is 32.5 Å². The van der Waals surface area contributed by atoms with Crippen LogP contribution < -0.4 is 0 Å². The van der Waals surface area contributed by atoms with Crippen LogP contribution in [0.1, 0.15) is 28.6 Å². The Labute approximate surface area is 175 Å².